The first kappa shape index (κ1) is 14.9. The second-order valence-corrected chi connectivity index (χ2v) is 5.41. The summed E-state index contributed by atoms with van der Waals surface area (Å²) in [4.78, 5) is 11.1. The van der Waals surface area contributed by atoms with Crippen molar-refractivity contribution < 1.29 is 9.53 Å². The van der Waals surface area contributed by atoms with E-state index in [-0.39, 0.29) is 0 Å². The number of aldehydes is 1. The molecule has 2 aromatic rings. The van der Waals surface area contributed by atoms with Crippen LogP contribution >= 0.6 is 23.2 Å². The van der Waals surface area contributed by atoms with E-state index in [0.29, 0.717) is 28.0 Å². The molecule has 0 fully saturated rings. The van der Waals surface area contributed by atoms with E-state index in [9.17, 15) is 4.79 Å². The van der Waals surface area contributed by atoms with Crippen molar-refractivity contribution in [2.24, 2.45) is 0 Å². The monoisotopic (exact) mass is 308 g/mol. The smallest absolute Gasteiger partial charge is 0.153 e. The van der Waals surface area contributed by atoms with Crippen molar-refractivity contribution >= 4 is 29.5 Å². The number of benzene rings is 2. The van der Waals surface area contributed by atoms with Crippen LogP contribution in [0.5, 0.6) is 5.75 Å². The molecular formula is C16H14Cl2O2. The van der Waals surface area contributed by atoms with Crippen LogP contribution in [-0.4, -0.2) is 6.29 Å². The van der Waals surface area contributed by atoms with Crippen molar-refractivity contribution in [1.29, 1.82) is 0 Å². The highest BCUT2D eigenvalue weighted by Crippen LogP contribution is 2.28. The Morgan fingerprint density at radius 3 is 2.55 bits per heavy atom. The molecule has 2 nitrogen and oxygen atoms in total. The van der Waals surface area contributed by atoms with Gasteiger partial charge in [-0.05, 0) is 43.2 Å². The normalized spacial score (nSPS) is 10.4. The second-order valence-electron chi connectivity index (χ2n) is 4.57. The molecule has 104 valence electrons. The van der Waals surface area contributed by atoms with Crippen molar-refractivity contribution in [3.8, 4) is 5.75 Å². The first-order valence-corrected chi connectivity index (χ1v) is 6.90. The van der Waals surface area contributed by atoms with Gasteiger partial charge >= 0.3 is 0 Å². The molecule has 0 amide bonds. The number of carbonyl (C=O) groups excluding carboxylic acids is 1. The van der Waals surface area contributed by atoms with Gasteiger partial charge in [-0.2, -0.15) is 0 Å². The summed E-state index contributed by atoms with van der Waals surface area (Å²) in [6.45, 7) is 4.20. The summed E-state index contributed by atoms with van der Waals surface area (Å²) >= 11 is 12.0. The SMILES string of the molecule is Cc1ccc(C=O)c(OCc2ccc(Cl)cc2Cl)c1C. The van der Waals surface area contributed by atoms with E-state index in [1.54, 1.807) is 18.2 Å². The van der Waals surface area contributed by atoms with Gasteiger partial charge in [-0.15, -0.1) is 0 Å². The first-order chi connectivity index (χ1) is 9.52. The Labute approximate surface area is 128 Å². The molecule has 0 radical (unpaired) electrons. The highest BCUT2D eigenvalue weighted by Gasteiger charge is 2.10. The van der Waals surface area contributed by atoms with Crippen LogP contribution in [0.4, 0.5) is 0 Å². The van der Waals surface area contributed by atoms with Crippen molar-refractivity contribution in [2.45, 2.75) is 20.5 Å². The molecule has 20 heavy (non-hydrogen) atoms. The Morgan fingerprint density at radius 1 is 1.15 bits per heavy atom. The van der Waals surface area contributed by atoms with Gasteiger partial charge in [0.2, 0.25) is 0 Å². The van der Waals surface area contributed by atoms with Gasteiger partial charge in [-0.25, -0.2) is 0 Å². The molecule has 0 aliphatic rings. The minimum Gasteiger partial charge on any atom is -0.488 e. The summed E-state index contributed by atoms with van der Waals surface area (Å²) in [6.07, 6.45) is 0.797. The van der Waals surface area contributed by atoms with Gasteiger partial charge < -0.3 is 4.74 Å². The molecule has 2 rings (SSSR count). The number of hydrogen-bond acceptors (Lipinski definition) is 2. The van der Waals surface area contributed by atoms with E-state index in [1.807, 2.05) is 26.0 Å². The largest absolute Gasteiger partial charge is 0.488 e. The van der Waals surface area contributed by atoms with Crippen LogP contribution in [0.3, 0.4) is 0 Å². The van der Waals surface area contributed by atoms with Crippen LogP contribution in [0, 0.1) is 13.8 Å². The quantitative estimate of drug-likeness (QED) is 0.743. The van der Waals surface area contributed by atoms with E-state index < -0.39 is 0 Å². The van der Waals surface area contributed by atoms with Crippen molar-refractivity contribution in [1.82, 2.24) is 0 Å². The summed E-state index contributed by atoms with van der Waals surface area (Å²) in [6, 6.07) is 8.91. The molecule has 2 aromatic carbocycles. The lowest BCUT2D eigenvalue weighted by molar-refractivity contribution is 0.111. The Bertz CT molecular complexity index is 651. The van der Waals surface area contributed by atoms with Crippen molar-refractivity contribution in [2.75, 3.05) is 0 Å². The van der Waals surface area contributed by atoms with E-state index in [0.717, 1.165) is 23.0 Å². The Hall–Kier alpha value is -1.51. The maximum Gasteiger partial charge on any atom is 0.153 e. The van der Waals surface area contributed by atoms with E-state index in [4.69, 9.17) is 27.9 Å². The minimum atomic E-state index is 0.293. The third-order valence-electron chi connectivity index (χ3n) is 3.22. The summed E-state index contributed by atoms with van der Waals surface area (Å²) in [5, 5.41) is 1.13. The maximum absolute atomic E-state index is 11.1. The lowest BCUT2D eigenvalue weighted by Gasteiger charge is -2.14. The lowest BCUT2D eigenvalue weighted by Crippen LogP contribution is -2.02. The fourth-order valence-electron chi connectivity index (χ4n) is 1.88. The highest BCUT2D eigenvalue weighted by atomic mass is 35.5. The molecular weight excluding hydrogens is 295 g/mol. The number of ether oxygens (including phenoxy) is 1. The molecule has 0 saturated carbocycles. The van der Waals surface area contributed by atoms with Gasteiger partial charge in [0, 0.05) is 15.6 Å². The average molecular weight is 309 g/mol. The zero-order chi connectivity index (χ0) is 14.7. The average Bonchev–Trinajstić information content (AvgIpc) is 2.42. The number of aryl methyl sites for hydroxylation is 1. The van der Waals surface area contributed by atoms with Crippen molar-refractivity contribution in [3.05, 3.63) is 62.6 Å². The highest BCUT2D eigenvalue weighted by molar-refractivity contribution is 6.35. The molecule has 0 heterocycles. The fraction of sp³-hybridized carbons (Fsp3) is 0.188. The van der Waals surface area contributed by atoms with Crippen LogP contribution < -0.4 is 4.74 Å². The van der Waals surface area contributed by atoms with Gasteiger partial charge in [0.15, 0.2) is 6.29 Å². The number of carbonyl (C=O) groups is 1. The molecule has 0 atom stereocenters. The van der Waals surface area contributed by atoms with Crippen LogP contribution in [-0.2, 0) is 6.61 Å². The predicted octanol–water partition coefficient (Wildman–Crippen LogP) is 5.00. The molecule has 0 N–H and O–H groups in total. The molecule has 0 unspecified atom stereocenters. The number of hydrogen-bond donors (Lipinski definition) is 0. The summed E-state index contributed by atoms with van der Waals surface area (Å²) in [5.41, 5.74) is 3.40. The first-order valence-electron chi connectivity index (χ1n) is 6.15. The summed E-state index contributed by atoms with van der Waals surface area (Å²) in [7, 11) is 0. The number of rotatable bonds is 4. The van der Waals surface area contributed by atoms with E-state index in [2.05, 4.69) is 0 Å². The van der Waals surface area contributed by atoms with Gasteiger partial charge in [-0.3, -0.25) is 4.79 Å². The van der Waals surface area contributed by atoms with E-state index in [1.165, 1.54) is 0 Å². The molecule has 0 aromatic heterocycles. The summed E-state index contributed by atoms with van der Waals surface area (Å²) < 4.78 is 5.79. The van der Waals surface area contributed by atoms with Gasteiger partial charge in [-0.1, -0.05) is 35.3 Å². The molecule has 0 bridgehead atoms. The van der Waals surface area contributed by atoms with Crippen LogP contribution in [0.25, 0.3) is 0 Å². The van der Waals surface area contributed by atoms with Crippen LogP contribution in [0.1, 0.15) is 27.0 Å². The molecule has 0 aliphatic heterocycles. The van der Waals surface area contributed by atoms with Gasteiger partial charge in [0.05, 0.1) is 5.56 Å². The minimum absolute atomic E-state index is 0.293. The van der Waals surface area contributed by atoms with Crippen LogP contribution in [0.2, 0.25) is 10.0 Å². The lowest BCUT2D eigenvalue weighted by atomic mass is 10.1. The van der Waals surface area contributed by atoms with Crippen molar-refractivity contribution in [3.63, 3.8) is 0 Å². The van der Waals surface area contributed by atoms with Crippen LogP contribution in [0.15, 0.2) is 30.3 Å². The molecule has 0 spiro atoms. The third-order valence-corrected chi connectivity index (χ3v) is 3.81. The van der Waals surface area contributed by atoms with Gasteiger partial charge in [0.1, 0.15) is 12.4 Å². The zero-order valence-electron chi connectivity index (χ0n) is 11.2. The summed E-state index contributed by atoms with van der Waals surface area (Å²) in [5.74, 6) is 0.603. The molecule has 0 aliphatic carbocycles. The maximum atomic E-state index is 11.1. The predicted molar refractivity (Wildman–Crippen MR) is 82.1 cm³/mol. The van der Waals surface area contributed by atoms with Gasteiger partial charge in [0.25, 0.3) is 0 Å². The fourth-order valence-corrected chi connectivity index (χ4v) is 2.35. The second kappa shape index (κ2) is 6.29. The zero-order valence-corrected chi connectivity index (χ0v) is 12.8. The Kier molecular flexibility index (Phi) is 4.69. The molecule has 0 saturated heterocycles. The molecule has 4 heteroatoms. The topological polar surface area (TPSA) is 26.3 Å². The standard InChI is InChI=1S/C16H14Cl2O2/c1-10-3-4-12(8-19)16(11(10)2)20-9-13-5-6-14(17)7-15(13)18/h3-8H,9H2,1-2H3. The Balaban J connectivity index is 2.26. The van der Waals surface area contributed by atoms with E-state index >= 15 is 0 Å². The number of halogens is 2. The Morgan fingerprint density at radius 2 is 1.90 bits per heavy atom. The third kappa shape index (κ3) is 3.14.